The van der Waals surface area contributed by atoms with Gasteiger partial charge >= 0.3 is 0 Å². The number of rotatable bonds is 5. The maximum absolute atomic E-state index is 13.5. The molecule has 4 rings (SSSR count). The average molecular weight is 478 g/mol. The summed E-state index contributed by atoms with van der Waals surface area (Å²) in [6, 6.07) is 23.2. The van der Waals surface area contributed by atoms with Crippen molar-refractivity contribution in [1.82, 2.24) is 0 Å². The summed E-state index contributed by atoms with van der Waals surface area (Å²) < 4.78 is 13.5. The topological polar surface area (TPSA) is 73.2 Å². The van der Waals surface area contributed by atoms with Crippen LogP contribution in [0.25, 0.3) is 0 Å². The molecule has 0 saturated carbocycles. The van der Waals surface area contributed by atoms with Crippen molar-refractivity contribution in [3.63, 3.8) is 0 Å². The molecule has 1 N–H and O–H groups in total. The van der Waals surface area contributed by atoms with Crippen molar-refractivity contribution >= 4 is 46.6 Å². The maximum Gasteiger partial charge on any atom is 0.269 e. The Balaban J connectivity index is 1.74. The van der Waals surface area contributed by atoms with E-state index in [1.807, 2.05) is 18.2 Å². The second-order valence-electron chi connectivity index (χ2n) is 7.16. The van der Waals surface area contributed by atoms with Crippen LogP contribution in [0.1, 0.15) is 5.56 Å². The lowest BCUT2D eigenvalue weighted by atomic mass is 10.1. The highest BCUT2D eigenvalue weighted by Crippen LogP contribution is 2.42. The Morgan fingerprint density at radius 3 is 2.39 bits per heavy atom. The zero-order valence-electron chi connectivity index (χ0n) is 17.2. The van der Waals surface area contributed by atoms with Gasteiger partial charge < -0.3 is 5.32 Å². The molecule has 1 aliphatic heterocycles. The lowest BCUT2D eigenvalue weighted by Gasteiger charge is -2.18. The second kappa shape index (κ2) is 9.90. The van der Waals surface area contributed by atoms with Gasteiger partial charge in [-0.15, -0.1) is 0 Å². The van der Waals surface area contributed by atoms with Crippen molar-refractivity contribution in [2.24, 2.45) is 0 Å². The number of amides is 2. The number of anilines is 2. The van der Waals surface area contributed by atoms with Gasteiger partial charge in [0.1, 0.15) is 22.5 Å². The fraction of sp³-hybridized carbons (Fsp3) is 0.0800. The summed E-state index contributed by atoms with van der Waals surface area (Å²) in [5.74, 6) is -1.41. The van der Waals surface area contributed by atoms with Crippen LogP contribution in [0.5, 0.6) is 0 Å². The molecule has 5 nitrogen and oxygen atoms in total. The Kier molecular flexibility index (Phi) is 6.78. The standard InChI is InChI=1S/C25H17ClFN3O2S/c26-21-9-5-4-6-16(21)14-22-24(32)30(19-12-10-17(27)11-13-19)25(33-22)20(15-28)23(31)29-18-7-2-1-3-8-18/h1-13,22H,14H2,(H,29,31)/b25-20-/t22-/m0/s1. The molecule has 0 radical (unpaired) electrons. The first-order chi connectivity index (χ1) is 16.0. The zero-order chi connectivity index (χ0) is 23.4. The van der Waals surface area contributed by atoms with E-state index >= 15 is 0 Å². The van der Waals surface area contributed by atoms with Crippen LogP contribution in [-0.2, 0) is 16.0 Å². The van der Waals surface area contributed by atoms with E-state index < -0.39 is 17.0 Å². The van der Waals surface area contributed by atoms with Crippen LogP contribution in [0.4, 0.5) is 15.8 Å². The highest BCUT2D eigenvalue weighted by molar-refractivity contribution is 8.05. The van der Waals surface area contributed by atoms with Gasteiger partial charge in [0.15, 0.2) is 0 Å². The summed E-state index contributed by atoms with van der Waals surface area (Å²) in [5.41, 5.74) is 1.46. The number of hydrogen-bond acceptors (Lipinski definition) is 4. The second-order valence-corrected chi connectivity index (χ2v) is 8.76. The molecule has 8 heteroatoms. The number of nitriles is 1. The van der Waals surface area contributed by atoms with Gasteiger partial charge in [0.2, 0.25) is 5.91 Å². The van der Waals surface area contributed by atoms with Crippen molar-refractivity contribution in [1.29, 1.82) is 5.26 Å². The van der Waals surface area contributed by atoms with Crippen LogP contribution in [0.3, 0.4) is 0 Å². The lowest BCUT2D eigenvalue weighted by molar-refractivity contribution is -0.117. The van der Waals surface area contributed by atoms with Gasteiger partial charge in [0, 0.05) is 16.4 Å². The Morgan fingerprint density at radius 2 is 1.73 bits per heavy atom. The molecule has 0 aliphatic carbocycles. The number of nitrogens with one attached hydrogen (secondary N) is 1. The molecule has 164 valence electrons. The molecule has 1 aliphatic rings. The molecule has 1 saturated heterocycles. The third-order valence-corrected chi connectivity index (χ3v) is 6.62. The van der Waals surface area contributed by atoms with E-state index in [2.05, 4.69) is 5.32 Å². The van der Waals surface area contributed by atoms with Crippen LogP contribution < -0.4 is 10.2 Å². The Bertz CT molecular complexity index is 1270. The number of para-hydroxylation sites is 1. The van der Waals surface area contributed by atoms with Crippen LogP contribution in [0, 0.1) is 17.1 Å². The number of hydrogen-bond donors (Lipinski definition) is 1. The first-order valence-electron chi connectivity index (χ1n) is 9.98. The number of thioether (sulfide) groups is 1. The molecule has 3 aromatic carbocycles. The highest BCUT2D eigenvalue weighted by atomic mass is 35.5. The van der Waals surface area contributed by atoms with E-state index in [0.717, 1.165) is 17.3 Å². The van der Waals surface area contributed by atoms with E-state index in [4.69, 9.17) is 11.6 Å². The summed E-state index contributed by atoms with van der Waals surface area (Å²) in [4.78, 5) is 27.7. The van der Waals surface area contributed by atoms with E-state index in [9.17, 15) is 19.2 Å². The van der Waals surface area contributed by atoms with Crippen LogP contribution in [0.2, 0.25) is 5.02 Å². The smallest absolute Gasteiger partial charge is 0.269 e. The first-order valence-corrected chi connectivity index (χ1v) is 11.2. The summed E-state index contributed by atoms with van der Waals surface area (Å²) in [6.07, 6.45) is 0.309. The van der Waals surface area contributed by atoms with Gasteiger partial charge in [-0.05, 0) is 54.4 Å². The van der Waals surface area contributed by atoms with Crippen LogP contribution >= 0.6 is 23.4 Å². The van der Waals surface area contributed by atoms with Crippen molar-refractivity contribution < 1.29 is 14.0 Å². The van der Waals surface area contributed by atoms with Crippen molar-refractivity contribution in [3.8, 4) is 6.07 Å². The van der Waals surface area contributed by atoms with Gasteiger partial charge in [-0.3, -0.25) is 14.5 Å². The Morgan fingerprint density at radius 1 is 1.06 bits per heavy atom. The minimum atomic E-state index is -0.635. The quantitative estimate of drug-likeness (QED) is 0.386. The molecule has 0 aromatic heterocycles. The number of nitrogens with zero attached hydrogens (tertiary/aromatic N) is 2. The lowest BCUT2D eigenvalue weighted by Crippen LogP contribution is -2.31. The van der Waals surface area contributed by atoms with E-state index in [1.54, 1.807) is 42.5 Å². The van der Waals surface area contributed by atoms with E-state index in [1.165, 1.54) is 29.2 Å². The number of carbonyl (C=O) groups excluding carboxylic acids is 2. The largest absolute Gasteiger partial charge is 0.321 e. The van der Waals surface area contributed by atoms with Crippen molar-refractivity contribution in [2.45, 2.75) is 11.7 Å². The monoisotopic (exact) mass is 477 g/mol. The minimum Gasteiger partial charge on any atom is -0.321 e. The number of halogens is 2. The summed E-state index contributed by atoms with van der Waals surface area (Å²) in [5, 5.41) is 12.6. The molecular formula is C25H17ClFN3O2S. The molecular weight excluding hydrogens is 461 g/mol. The summed E-state index contributed by atoms with van der Waals surface area (Å²) in [7, 11) is 0. The van der Waals surface area contributed by atoms with E-state index in [-0.39, 0.29) is 16.5 Å². The molecule has 0 unspecified atom stereocenters. The van der Waals surface area contributed by atoms with Gasteiger partial charge in [0.25, 0.3) is 5.91 Å². The highest BCUT2D eigenvalue weighted by Gasteiger charge is 2.41. The molecule has 1 heterocycles. The van der Waals surface area contributed by atoms with Crippen molar-refractivity contribution in [2.75, 3.05) is 10.2 Å². The fourth-order valence-electron chi connectivity index (χ4n) is 3.39. The van der Waals surface area contributed by atoms with Gasteiger partial charge in [0.05, 0.1) is 5.25 Å². The average Bonchev–Trinajstić information content (AvgIpc) is 3.12. The normalized spacial score (nSPS) is 16.9. The number of benzene rings is 3. The predicted octanol–water partition coefficient (Wildman–Crippen LogP) is 5.54. The summed E-state index contributed by atoms with van der Waals surface area (Å²) >= 11 is 7.41. The van der Waals surface area contributed by atoms with Gasteiger partial charge in [-0.25, -0.2) is 4.39 Å². The molecule has 3 aromatic rings. The molecule has 0 bridgehead atoms. The number of carbonyl (C=O) groups is 2. The molecule has 2 amide bonds. The van der Waals surface area contributed by atoms with Crippen LogP contribution in [0.15, 0.2) is 89.5 Å². The molecule has 0 spiro atoms. The fourth-order valence-corrected chi connectivity index (χ4v) is 4.90. The van der Waals surface area contributed by atoms with Crippen LogP contribution in [-0.4, -0.2) is 17.1 Å². The third kappa shape index (κ3) is 4.92. The molecule has 1 atom stereocenters. The zero-order valence-corrected chi connectivity index (χ0v) is 18.7. The van der Waals surface area contributed by atoms with E-state index in [0.29, 0.717) is 22.8 Å². The molecule has 1 fully saturated rings. The minimum absolute atomic E-state index is 0.194. The SMILES string of the molecule is N#C/C(C(=O)Nc1ccccc1)=C1/S[C@@H](Cc2ccccc2Cl)C(=O)N1c1ccc(F)cc1. The van der Waals surface area contributed by atoms with Crippen molar-refractivity contribution in [3.05, 3.63) is 106 Å². The summed E-state index contributed by atoms with van der Waals surface area (Å²) in [6.45, 7) is 0. The first kappa shape index (κ1) is 22.6. The molecule has 33 heavy (non-hydrogen) atoms. The van der Waals surface area contributed by atoms with Gasteiger partial charge in [-0.1, -0.05) is 59.8 Å². The predicted molar refractivity (Wildman–Crippen MR) is 128 cm³/mol. The Labute approximate surface area is 199 Å². The third-order valence-electron chi connectivity index (χ3n) is 4.99. The maximum atomic E-state index is 13.5. The van der Waals surface area contributed by atoms with Gasteiger partial charge in [-0.2, -0.15) is 5.26 Å². The Hall–Kier alpha value is -3.60.